The molecule has 0 saturated carbocycles. The van der Waals surface area contributed by atoms with E-state index in [4.69, 9.17) is 4.42 Å². The first kappa shape index (κ1) is 23.3. The first-order valence-electron chi connectivity index (χ1n) is 9.59. The first-order chi connectivity index (χ1) is 13.6. The molecule has 0 fully saturated rings. The van der Waals surface area contributed by atoms with Crippen LogP contribution >= 0.6 is 35.3 Å². The zero-order valence-electron chi connectivity index (χ0n) is 17.1. The lowest BCUT2D eigenvalue weighted by molar-refractivity contribution is 0.572. The number of rotatable bonds is 8. The zero-order chi connectivity index (χ0) is 19.8. The number of halogens is 1. The Kier molecular flexibility index (Phi) is 9.59. The molecule has 0 aliphatic rings. The highest BCUT2D eigenvalue weighted by Crippen LogP contribution is 2.19. The lowest BCUT2D eigenvalue weighted by Crippen LogP contribution is -2.38. The summed E-state index contributed by atoms with van der Waals surface area (Å²) in [5.74, 6) is 1.48. The highest BCUT2D eigenvalue weighted by Gasteiger charge is 2.07. The van der Waals surface area contributed by atoms with Crippen molar-refractivity contribution in [1.82, 2.24) is 20.6 Å². The zero-order valence-corrected chi connectivity index (χ0v) is 20.2. The number of aromatic nitrogens is 2. The molecular formula is C21H28IN5OS. The second-order valence-corrected chi connectivity index (χ2v) is 7.88. The molecule has 29 heavy (non-hydrogen) atoms. The van der Waals surface area contributed by atoms with Gasteiger partial charge in [0.25, 0.3) is 0 Å². The van der Waals surface area contributed by atoms with Gasteiger partial charge in [-0.1, -0.05) is 17.7 Å². The number of hydrogen-bond donors (Lipinski definition) is 2. The molecule has 0 saturated heterocycles. The van der Waals surface area contributed by atoms with Gasteiger partial charge in [-0.05, 0) is 32.9 Å². The van der Waals surface area contributed by atoms with Gasteiger partial charge < -0.3 is 15.1 Å². The number of guanidine groups is 1. The van der Waals surface area contributed by atoms with Gasteiger partial charge in [0.15, 0.2) is 5.96 Å². The van der Waals surface area contributed by atoms with E-state index in [1.807, 2.05) is 18.3 Å². The van der Waals surface area contributed by atoms with Gasteiger partial charge in [-0.2, -0.15) is 0 Å². The Labute approximate surface area is 193 Å². The summed E-state index contributed by atoms with van der Waals surface area (Å²) in [5.41, 5.74) is 3.15. The lowest BCUT2D eigenvalue weighted by atomic mass is 10.1. The number of thiazole rings is 1. The molecule has 0 atom stereocenters. The summed E-state index contributed by atoms with van der Waals surface area (Å²) in [7, 11) is 0. The van der Waals surface area contributed by atoms with Crippen molar-refractivity contribution < 1.29 is 4.42 Å². The molecule has 0 aliphatic carbocycles. The summed E-state index contributed by atoms with van der Waals surface area (Å²) in [4.78, 5) is 14.8. The van der Waals surface area contributed by atoms with Crippen LogP contribution < -0.4 is 10.6 Å². The molecule has 8 heteroatoms. The van der Waals surface area contributed by atoms with Gasteiger partial charge in [0.05, 0.1) is 10.7 Å². The van der Waals surface area contributed by atoms with E-state index in [0.29, 0.717) is 12.4 Å². The maximum atomic E-state index is 5.62. The first-order valence-corrected chi connectivity index (χ1v) is 10.4. The average molecular weight is 525 g/mol. The fourth-order valence-corrected chi connectivity index (χ4v) is 3.46. The molecule has 3 aromatic rings. The second kappa shape index (κ2) is 11.9. The van der Waals surface area contributed by atoms with E-state index < -0.39 is 0 Å². The van der Waals surface area contributed by atoms with Crippen LogP contribution in [0.3, 0.4) is 0 Å². The number of benzene rings is 1. The van der Waals surface area contributed by atoms with Crippen LogP contribution in [0.4, 0.5) is 0 Å². The van der Waals surface area contributed by atoms with Crippen molar-refractivity contribution in [2.75, 3.05) is 19.6 Å². The molecular weight excluding hydrogens is 497 g/mol. The van der Waals surface area contributed by atoms with E-state index in [1.165, 1.54) is 10.4 Å². The molecule has 2 N–H and O–H groups in total. The van der Waals surface area contributed by atoms with Crippen LogP contribution in [0.15, 0.2) is 46.1 Å². The van der Waals surface area contributed by atoms with Crippen molar-refractivity contribution in [2.45, 2.75) is 33.6 Å². The van der Waals surface area contributed by atoms with E-state index in [9.17, 15) is 0 Å². The molecule has 0 bridgehead atoms. The Hall–Kier alpha value is -1.94. The molecule has 0 radical (unpaired) electrons. The molecule has 3 rings (SSSR count). The highest BCUT2D eigenvalue weighted by molar-refractivity contribution is 14.0. The Morgan fingerprint density at radius 3 is 2.62 bits per heavy atom. The van der Waals surface area contributed by atoms with Crippen molar-refractivity contribution in [3.05, 3.63) is 57.9 Å². The van der Waals surface area contributed by atoms with Gasteiger partial charge in [-0.15, -0.1) is 35.3 Å². The van der Waals surface area contributed by atoms with E-state index in [0.717, 1.165) is 48.2 Å². The minimum absolute atomic E-state index is 0. The summed E-state index contributed by atoms with van der Waals surface area (Å²) in [6, 6.07) is 8.19. The van der Waals surface area contributed by atoms with Gasteiger partial charge in [0.2, 0.25) is 5.89 Å². The third-order valence-corrected chi connectivity index (χ3v) is 5.11. The Balaban J connectivity index is 0.00000300. The topological polar surface area (TPSA) is 75.3 Å². The summed E-state index contributed by atoms with van der Waals surface area (Å²) < 4.78 is 5.62. The number of oxazole rings is 1. The Bertz CT molecular complexity index is 904. The molecule has 1 aromatic carbocycles. The molecule has 0 amide bonds. The lowest BCUT2D eigenvalue weighted by Gasteiger charge is -2.10. The number of aliphatic imine (C=N–C) groups is 1. The number of aryl methyl sites for hydroxylation is 2. The molecule has 0 spiro atoms. The largest absolute Gasteiger partial charge is 0.444 e. The Morgan fingerprint density at radius 2 is 1.93 bits per heavy atom. The van der Waals surface area contributed by atoms with Gasteiger partial charge in [-0.3, -0.25) is 4.99 Å². The predicted octanol–water partition coefficient (Wildman–Crippen LogP) is 4.37. The fraction of sp³-hybridized carbons (Fsp3) is 0.381. The van der Waals surface area contributed by atoms with Crippen molar-refractivity contribution in [3.63, 3.8) is 0 Å². The van der Waals surface area contributed by atoms with Gasteiger partial charge in [-0.25, -0.2) is 9.97 Å². The second-order valence-electron chi connectivity index (χ2n) is 6.56. The van der Waals surface area contributed by atoms with Gasteiger partial charge in [0.1, 0.15) is 6.26 Å². The van der Waals surface area contributed by atoms with Gasteiger partial charge in [0, 0.05) is 49.1 Å². The smallest absolute Gasteiger partial charge is 0.226 e. The molecule has 2 aromatic heterocycles. The van der Waals surface area contributed by atoms with E-state index in [1.54, 1.807) is 17.6 Å². The summed E-state index contributed by atoms with van der Waals surface area (Å²) in [5, 5.41) is 7.76. The number of nitrogens with one attached hydrogen (secondary N) is 2. The van der Waals surface area contributed by atoms with E-state index in [-0.39, 0.29) is 24.0 Å². The summed E-state index contributed by atoms with van der Waals surface area (Å²) in [6.07, 6.45) is 5.27. The predicted molar refractivity (Wildman–Crippen MR) is 130 cm³/mol. The minimum Gasteiger partial charge on any atom is -0.444 e. The Morgan fingerprint density at radius 1 is 1.14 bits per heavy atom. The van der Waals surface area contributed by atoms with Crippen molar-refractivity contribution in [2.24, 2.45) is 4.99 Å². The molecule has 0 unspecified atom stereocenters. The third kappa shape index (κ3) is 7.43. The minimum atomic E-state index is 0. The van der Waals surface area contributed by atoms with Crippen LogP contribution in [-0.2, 0) is 12.8 Å². The van der Waals surface area contributed by atoms with E-state index >= 15 is 0 Å². The average Bonchev–Trinajstić information content (AvgIpc) is 3.31. The van der Waals surface area contributed by atoms with Crippen LogP contribution in [0.2, 0.25) is 0 Å². The summed E-state index contributed by atoms with van der Waals surface area (Å²) >= 11 is 1.73. The maximum Gasteiger partial charge on any atom is 0.226 e. The normalized spacial score (nSPS) is 11.2. The van der Waals surface area contributed by atoms with Crippen LogP contribution in [0.5, 0.6) is 0 Å². The molecule has 2 heterocycles. The van der Waals surface area contributed by atoms with Crippen molar-refractivity contribution in [3.8, 4) is 11.5 Å². The standard InChI is InChI=1S/C21H27N5OS.HI/c1-4-22-21(24-12-10-19-25-13-16(3)28-19)23-11-9-18-14-27-20(26-18)17-7-5-15(2)6-8-17;/h5-8,13-14H,4,9-12H2,1-3H3,(H2,22,23,24);1H. The highest BCUT2D eigenvalue weighted by atomic mass is 127. The van der Waals surface area contributed by atoms with Crippen LogP contribution in [-0.4, -0.2) is 35.6 Å². The molecule has 156 valence electrons. The quantitative estimate of drug-likeness (QED) is 0.260. The number of hydrogen-bond acceptors (Lipinski definition) is 5. The van der Waals surface area contributed by atoms with Gasteiger partial charge >= 0.3 is 0 Å². The van der Waals surface area contributed by atoms with Crippen molar-refractivity contribution in [1.29, 1.82) is 0 Å². The number of nitrogens with zero attached hydrogens (tertiary/aromatic N) is 3. The fourth-order valence-electron chi connectivity index (χ4n) is 2.68. The SMILES string of the molecule is CCNC(=NCCc1ncc(C)s1)NCCc1coc(-c2ccc(C)cc2)n1.I. The maximum absolute atomic E-state index is 5.62. The van der Waals surface area contributed by atoms with Crippen LogP contribution in [0.25, 0.3) is 11.5 Å². The van der Waals surface area contributed by atoms with E-state index in [2.05, 4.69) is 58.5 Å². The summed E-state index contributed by atoms with van der Waals surface area (Å²) in [6.45, 7) is 8.48. The molecule has 6 nitrogen and oxygen atoms in total. The van der Waals surface area contributed by atoms with Crippen LogP contribution in [0, 0.1) is 13.8 Å². The third-order valence-electron chi connectivity index (χ3n) is 4.13. The molecule has 0 aliphatic heterocycles. The van der Waals surface area contributed by atoms with Crippen LogP contribution in [0.1, 0.15) is 28.1 Å². The monoisotopic (exact) mass is 525 g/mol. The van der Waals surface area contributed by atoms with Crippen molar-refractivity contribution >= 4 is 41.3 Å².